The molecule has 0 aromatic rings. The Morgan fingerprint density at radius 3 is 1.36 bits per heavy atom. The molecule has 0 amide bonds. The number of hydrogen-bond acceptors (Lipinski definition) is 7. The fraction of sp³-hybridized carbons (Fsp3) is 0.667. The van der Waals surface area contributed by atoms with Crippen molar-refractivity contribution in [1.29, 1.82) is 0 Å². The Morgan fingerprint density at radius 2 is 1.29 bits per heavy atom. The van der Waals surface area contributed by atoms with Crippen LogP contribution in [0.2, 0.25) is 0 Å². The van der Waals surface area contributed by atoms with E-state index < -0.39 is 7.32 Å². The topological polar surface area (TPSA) is 109 Å². The molecule has 0 saturated heterocycles. The van der Waals surface area contributed by atoms with Gasteiger partial charge in [-0.2, -0.15) is 0 Å². The Kier molecular flexibility index (Phi) is 9.18. The Labute approximate surface area is 82.8 Å². The lowest BCUT2D eigenvalue weighted by molar-refractivity contribution is 0.278. The summed E-state index contributed by atoms with van der Waals surface area (Å²) in [5, 5.41) is 27.4. The van der Waals surface area contributed by atoms with Crippen LogP contribution in [-0.2, 0) is 0 Å². The molecule has 14 heavy (non-hydrogen) atoms. The normalized spacial score (nSPS) is 15.6. The van der Waals surface area contributed by atoms with E-state index in [-0.39, 0.29) is 0 Å². The van der Waals surface area contributed by atoms with Crippen molar-refractivity contribution in [2.45, 2.75) is 0 Å². The summed E-state index contributed by atoms with van der Waals surface area (Å²) in [6, 6.07) is 0. The standard InChI is InChI=1S/2C3H6N2.BH3O3/c2*1-2-5-3-4-1;2-1(3)4/h2*3H,1-2H2,(H,4,5);2-4H. The zero-order valence-electron chi connectivity index (χ0n) is 7.80. The molecule has 2 aliphatic heterocycles. The van der Waals surface area contributed by atoms with E-state index in [1.54, 1.807) is 12.7 Å². The van der Waals surface area contributed by atoms with Gasteiger partial charge in [-0.05, 0) is 0 Å². The SMILES string of the molecule is C1=NCCN1.C1=NCCN1.OB(O)O. The molecule has 0 bridgehead atoms. The molecule has 5 N–H and O–H groups in total. The number of nitrogens with one attached hydrogen (secondary N) is 2. The Morgan fingerprint density at radius 1 is 0.929 bits per heavy atom. The van der Waals surface area contributed by atoms with Gasteiger partial charge in [0, 0.05) is 13.1 Å². The quantitative estimate of drug-likeness (QED) is 0.272. The molecular weight excluding hydrogens is 187 g/mol. The highest BCUT2D eigenvalue weighted by atomic mass is 16.5. The highest BCUT2D eigenvalue weighted by Gasteiger charge is 1.92. The van der Waals surface area contributed by atoms with Crippen LogP contribution < -0.4 is 10.6 Å². The first-order valence-corrected chi connectivity index (χ1v) is 4.21. The van der Waals surface area contributed by atoms with Crippen molar-refractivity contribution in [3.63, 3.8) is 0 Å². The third-order valence-electron chi connectivity index (χ3n) is 1.14. The monoisotopic (exact) mass is 202 g/mol. The second-order valence-electron chi connectivity index (χ2n) is 2.33. The van der Waals surface area contributed by atoms with Gasteiger partial charge in [-0.25, -0.2) is 0 Å². The highest BCUT2D eigenvalue weighted by Crippen LogP contribution is 1.69. The van der Waals surface area contributed by atoms with Crippen molar-refractivity contribution >= 4 is 20.0 Å². The lowest BCUT2D eigenvalue weighted by Crippen LogP contribution is -2.07. The molecule has 0 unspecified atom stereocenters. The molecule has 2 aliphatic rings. The average molecular weight is 202 g/mol. The highest BCUT2D eigenvalue weighted by molar-refractivity contribution is 6.30. The third kappa shape index (κ3) is 13.5. The summed E-state index contributed by atoms with van der Waals surface area (Å²) in [4.78, 5) is 7.69. The van der Waals surface area contributed by atoms with Gasteiger partial charge in [0.25, 0.3) is 0 Å². The van der Waals surface area contributed by atoms with Gasteiger partial charge in [0.1, 0.15) is 0 Å². The Bertz CT molecular complexity index is 146. The fourth-order valence-electron chi connectivity index (χ4n) is 0.645. The van der Waals surface area contributed by atoms with Gasteiger partial charge in [0.2, 0.25) is 0 Å². The molecule has 8 heteroatoms. The van der Waals surface area contributed by atoms with Crippen LogP contribution in [0.5, 0.6) is 0 Å². The summed E-state index contributed by atoms with van der Waals surface area (Å²) in [5.41, 5.74) is 0. The summed E-state index contributed by atoms with van der Waals surface area (Å²) >= 11 is 0. The summed E-state index contributed by atoms with van der Waals surface area (Å²) in [6.07, 6.45) is 3.47. The average Bonchev–Trinajstić information content (AvgIpc) is 2.83. The zero-order valence-corrected chi connectivity index (χ0v) is 7.80. The summed E-state index contributed by atoms with van der Waals surface area (Å²) in [7, 11) is -2.17. The summed E-state index contributed by atoms with van der Waals surface area (Å²) in [6.45, 7) is 3.97. The van der Waals surface area contributed by atoms with E-state index in [1.165, 1.54) is 0 Å². The van der Waals surface area contributed by atoms with E-state index in [2.05, 4.69) is 20.6 Å². The molecule has 0 atom stereocenters. The predicted octanol–water partition coefficient (Wildman–Crippen LogP) is -2.82. The first-order chi connectivity index (χ1) is 6.73. The fourth-order valence-corrected chi connectivity index (χ4v) is 0.645. The maximum Gasteiger partial charge on any atom is 0.631 e. The second kappa shape index (κ2) is 9.97. The van der Waals surface area contributed by atoms with Crippen LogP contribution in [0.15, 0.2) is 9.98 Å². The predicted molar refractivity (Wildman–Crippen MR) is 55.1 cm³/mol. The van der Waals surface area contributed by atoms with Gasteiger partial charge in [-0.1, -0.05) is 0 Å². The molecule has 0 fully saturated rings. The molecule has 0 spiro atoms. The molecule has 0 saturated carbocycles. The van der Waals surface area contributed by atoms with Crippen molar-refractivity contribution in [3.05, 3.63) is 0 Å². The van der Waals surface area contributed by atoms with Crippen LogP contribution in [0.1, 0.15) is 0 Å². The number of aliphatic imine (C=N–C) groups is 2. The molecule has 0 radical (unpaired) electrons. The molecule has 0 aromatic heterocycles. The smallest absolute Gasteiger partial charge is 0.402 e. The van der Waals surface area contributed by atoms with E-state index in [1.807, 2.05) is 0 Å². The Balaban J connectivity index is 0.000000183. The van der Waals surface area contributed by atoms with Crippen molar-refractivity contribution < 1.29 is 15.1 Å². The molecule has 2 rings (SSSR count). The molecule has 0 aliphatic carbocycles. The van der Waals surface area contributed by atoms with E-state index in [0.717, 1.165) is 26.2 Å². The molecule has 2 heterocycles. The van der Waals surface area contributed by atoms with Gasteiger partial charge >= 0.3 is 7.32 Å². The largest absolute Gasteiger partial charge is 0.631 e. The van der Waals surface area contributed by atoms with E-state index in [9.17, 15) is 0 Å². The minimum Gasteiger partial charge on any atom is -0.402 e. The van der Waals surface area contributed by atoms with E-state index in [4.69, 9.17) is 15.1 Å². The van der Waals surface area contributed by atoms with Crippen LogP contribution in [0.3, 0.4) is 0 Å². The lowest BCUT2D eigenvalue weighted by Gasteiger charge is -1.75. The Hall–Kier alpha value is -1.12. The maximum absolute atomic E-state index is 7.17. The molecule has 7 nitrogen and oxygen atoms in total. The number of nitrogens with zero attached hydrogens (tertiary/aromatic N) is 2. The van der Waals surface area contributed by atoms with E-state index in [0.29, 0.717) is 0 Å². The van der Waals surface area contributed by atoms with Crippen molar-refractivity contribution in [1.82, 2.24) is 10.6 Å². The van der Waals surface area contributed by atoms with Crippen LogP contribution in [0, 0.1) is 0 Å². The van der Waals surface area contributed by atoms with Crippen LogP contribution in [0.4, 0.5) is 0 Å². The van der Waals surface area contributed by atoms with Crippen LogP contribution in [-0.4, -0.2) is 61.2 Å². The summed E-state index contributed by atoms with van der Waals surface area (Å²) < 4.78 is 0. The number of rotatable bonds is 0. The van der Waals surface area contributed by atoms with Gasteiger partial charge in [0.05, 0.1) is 25.8 Å². The molecule has 0 aromatic carbocycles. The van der Waals surface area contributed by atoms with Gasteiger partial charge < -0.3 is 25.7 Å². The van der Waals surface area contributed by atoms with Gasteiger partial charge in [-0.15, -0.1) is 0 Å². The van der Waals surface area contributed by atoms with Crippen molar-refractivity contribution in [2.24, 2.45) is 9.98 Å². The second-order valence-corrected chi connectivity index (χ2v) is 2.33. The van der Waals surface area contributed by atoms with Gasteiger partial charge in [-0.3, -0.25) is 9.98 Å². The first-order valence-electron chi connectivity index (χ1n) is 4.21. The minimum absolute atomic E-state index is 0.958. The first kappa shape index (κ1) is 12.9. The maximum atomic E-state index is 7.17. The van der Waals surface area contributed by atoms with Crippen molar-refractivity contribution in [2.75, 3.05) is 26.2 Å². The molecular formula is C6H15BN4O3. The van der Waals surface area contributed by atoms with Crippen LogP contribution in [0.25, 0.3) is 0 Å². The molecule has 80 valence electrons. The lowest BCUT2D eigenvalue weighted by atomic mass is 10.3. The summed E-state index contributed by atoms with van der Waals surface area (Å²) in [5.74, 6) is 0. The minimum atomic E-state index is -2.17. The van der Waals surface area contributed by atoms with Crippen LogP contribution >= 0.6 is 0 Å². The third-order valence-corrected chi connectivity index (χ3v) is 1.14. The zero-order chi connectivity index (χ0) is 10.6. The van der Waals surface area contributed by atoms with Gasteiger partial charge in [0.15, 0.2) is 0 Å². The van der Waals surface area contributed by atoms with Crippen molar-refractivity contribution in [3.8, 4) is 0 Å². The number of hydrogen-bond donors (Lipinski definition) is 5. The van der Waals surface area contributed by atoms with E-state index >= 15 is 0 Å².